The Hall–Kier alpha value is -1.05. The zero-order valence-electron chi connectivity index (χ0n) is 8.32. The molecule has 2 aliphatic rings. The van der Waals surface area contributed by atoms with Crippen molar-refractivity contribution in [2.75, 3.05) is 5.32 Å². The van der Waals surface area contributed by atoms with Crippen molar-refractivity contribution in [1.29, 1.82) is 0 Å². The van der Waals surface area contributed by atoms with Crippen LogP contribution in [0.1, 0.15) is 25.7 Å². The van der Waals surface area contributed by atoms with Crippen LogP contribution in [-0.2, 0) is 0 Å². The molecular weight excluding hydrogens is 172 g/mol. The highest BCUT2D eigenvalue weighted by molar-refractivity contribution is 5.38. The number of fused-ring (bicyclic) bond motifs is 1. The molecule has 0 radical (unpaired) electrons. The van der Waals surface area contributed by atoms with Gasteiger partial charge in [0.15, 0.2) is 0 Å². The fraction of sp³-hybridized carbons (Fsp3) is 0.583. The summed E-state index contributed by atoms with van der Waals surface area (Å²) in [4.78, 5) is 4.31. The highest BCUT2D eigenvalue weighted by atomic mass is 15.1. The Balaban J connectivity index is 1.64. The molecule has 0 saturated heterocycles. The first kappa shape index (κ1) is 8.27. The fourth-order valence-corrected chi connectivity index (χ4v) is 2.83. The molecule has 0 aliphatic heterocycles. The monoisotopic (exact) mass is 188 g/mol. The molecule has 0 amide bonds. The van der Waals surface area contributed by atoms with Crippen LogP contribution < -0.4 is 5.32 Å². The highest BCUT2D eigenvalue weighted by Crippen LogP contribution is 2.50. The predicted octanol–water partition coefficient (Wildman–Crippen LogP) is 2.68. The van der Waals surface area contributed by atoms with Gasteiger partial charge in [-0.15, -0.1) is 0 Å². The standard InChI is InChI=1S/C12H16N2/c1-2-6-10-9(5-1)12(10)14-11-7-3-4-8-13-11/h3-4,7-10,12H,1-2,5-6H2,(H,13,14). The largest absolute Gasteiger partial charge is 0.367 e. The van der Waals surface area contributed by atoms with Crippen molar-refractivity contribution in [2.24, 2.45) is 11.8 Å². The Bertz CT molecular complexity index is 297. The first-order valence-electron chi connectivity index (χ1n) is 5.63. The van der Waals surface area contributed by atoms with Crippen LogP contribution in [0.3, 0.4) is 0 Å². The number of rotatable bonds is 2. The van der Waals surface area contributed by atoms with Gasteiger partial charge < -0.3 is 5.32 Å². The van der Waals surface area contributed by atoms with Crippen LogP contribution >= 0.6 is 0 Å². The molecule has 74 valence electrons. The summed E-state index contributed by atoms with van der Waals surface area (Å²) in [6, 6.07) is 6.80. The SMILES string of the molecule is c1ccc(NC2C3CCCCC32)nc1. The number of hydrogen-bond donors (Lipinski definition) is 1. The van der Waals surface area contributed by atoms with Crippen molar-refractivity contribution >= 4 is 5.82 Å². The molecule has 2 unspecified atom stereocenters. The highest BCUT2D eigenvalue weighted by Gasteiger charge is 2.50. The van der Waals surface area contributed by atoms with Gasteiger partial charge in [0.2, 0.25) is 0 Å². The minimum atomic E-state index is 0.729. The van der Waals surface area contributed by atoms with E-state index in [9.17, 15) is 0 Å². The summed E-state index contributed by atoms with van der Waals surface area (Å²) in [5.74, 6) is 2.95. The summed E-state index contributed by atoms with van der Waals surface area (Å²) in [5, 5.41) is 3.55. The molecular formula is C12H16N2. The van der Waals surface area contributed by atoms with E-state index in [1.165, 1.54) is 25.7 Å². The van der Waals surface area contributed by atoms with E-state index < -0.39 is 0 Å². The van der Waals surface area contributed by atoms with Crippen LogP contribution in [0.2, 0.25) is 0 Å². The molecule has 1 aromatic rings. The molecule has 2 saturated carbocycles. The number of nitrogens with zero attached hydrogens (tertiary/aromatic N) is 1. The van der Waals surface area contributed by atoms with E-state index in [0.29, 0.717) is 0 Å². The number of aromatic nitrogens is 1. The molecule has 1 heterocycles. The Morgan fingerprint density at radius 1 is 1.14 bits per heavy atom. The van der Waals surface area contributed by atoms with Crippen molar-refractivity contribution in [3.05, 3.63) is 24.4 Å². The lowest BCUT2D eigenvalue weighted by Gasteiger charge is -2.04. The summed E-state index contributed by atoms with van der Waals surface area (Å²) in [7, 11) is 0. The van der Waals surface area contributed by atoms with E-state index in [1.54, 1.807) is 0 Å². The Morgan fingerprint density at radius 3 is 2.57 bits per heavy atom. The summed E-state index contributed by atoms with van der Waals surface area (Å²) < 4.78 is 0. The maximum Gasteiger partial charge on any atom is 0.126 e. The van der Waals surface area contributed by atoms with E-state index in [-0.39, 0.29) is 0 Å². The summed E-state index contributed by atoms with van der Waals surface area (Å²) >= 11 is 0. The third-order valence-corrected chi connectivity index (χ3v) is 3.64. The van der Waals surface area contributed by atoms with Gasteiger partial charge in [-0.3, -0.25) is 0 Å². The minimum Gasteiger partial charge on any atom is -0.367 e. The van der Waals surface area contributed by atoms with E-state index >= 15 is 0 Å². The quantitative estimate of drug-likeness (QED) is 0.771. The molecule has 2 atom stereocenters. The first-order valence-corrected chi connectivity index (χ1v) is 5.63. The molecule has 0 spiro atoms. The van der Waals surface area contributed by atoms with Gasteiger partial charge in [-0.2, -0.15) is 0 Å². The smallest absolute Gasteiger partial charge is 0.126 e. The lowest BCUT2D eigenvalue weighted by Crippen LogP contribution is -2.06. The Labute approximate surface area is 84.7 Å². The normalized spacial score (nSPS) is 34.7. The molecule has 2 nitrogen and oxygen atoms in total. The molecule has 2 heteroatoms. The van der Waals surface area contributed by atoms with Crippen LogP contribution in [0.15, 0.2) is 24.4 Å². The number of anilines is 1. The summed E-state index contributed by atoms with van der Waals surface area (Å²) in [6.07, 6.45) is 7.57. The molecule has 0 aromatic carbocycles. The number of nitrogens with one attached hydrogen (secondary N) is 1. The van der Waals surface area contributed by atoms with Gasteiger partial charge in [0.05, 0.1) is 0 Å². The Morgan fingerprint density at radius 2 is 1.93 bits per heavy atom. The molecule has 3 rings (SSSR count). The molecule has 1 N–H and O–H groups in total. The Kier molecular flexibility index (Phi) is 1.93. The fourth-order valence-electron chi connectivity index (χ4n) is 2.83. The van der Waals surface area contributed by atoms with Crippen molar-refractivity contribution in [3.63, 3.8) is 0 Å². The van der Waals surface area contributed by atoms with Crippen molar-refractivity contribution < 1.29 is 0 Å². The maximum absolute atomic E-state index is 4.31. The van der Waals surface area contributed by atoms with Gasteiger partial charge in [-0.25, -0.2) is 4.98 Å². The van der Waals surface area contributed by atoms with E-state index in [4.69, 9.17) is 0 Å². The molecule has 1 aromatic heterocycles. The minimum absolute atomic E-state index is 0.729. The average Bonchev–Trinajstić information content (AvgIpc) is 2.94. The van der Waals surface area contributed by atoms with E-state index in [1.807, 2.05) is 18.3 Å². The lowest BCUT2D eigenvalue weighted by molar-refractivity contribution is 0.480. The predicted molar refractivity (Wildman–Crippen MR) is 57.1 cm³/mol. The third kappa shape index (κ3) is 1.39. The van der Waals surface area contributed by atoms with Crippen LogP contribution in [0, 0.1) is 11.8 Å². The van der Waals surface area contributed by atoms with Crippen molar-refractivity contribution in [3.8, 4) is 0 Å². The summed E-state index contributed by atoms with van der Waals surface area (Å²) in [5.41, 5.74) is 0. The zero-order valence-corrected chi connectivity index (χ0v) is 8.32. The lowest BCUT2D eigenvalue weighted by atomic mass is 10.0. The zero-order chi connectivity index (χ0) is 9.38. The summed E-state index contributed by atoms with van der Waals surface area (Å²) in [6.45, 7) is 0. The maximum atomic E-state index is 4.31. The van der Waals surface area contributed by atoms with Crippen LogP contribution in [0.5, 0.6) is 0 Å². The van der Waals surface area contributed by atoms with Crippen molar-refractivity contribution in [1.82, 2.24) is 4.98 Å². The average molecular weight is 188 g/mol. The van der Waals surface area contributed by atoms with Gasteiger partial charge in [0, 0.05) is 12.2 Å². The van der Waals surface area contributed by atoms with E-state index in [2.05, 4.69) is 16.4 Å². The molecule has 14 heavy (non-hydrogen) atoms. The second-order valence-corrected chi connectivity index (χ2v) is 4.50. The second-order valence-electron chi connectivity index (χ2n) is 4.50. The van der Waals surface area contributed by atoms with Crippen LogP contribution in [0.25, 0.3) is 0 Å². The van der Waals surface area contributed by atoms with Crippen molar-refractivity contribution in [2.45, 2.75) is 31.7 Å². The molecule has 2 aliphatic carbocycles. The first-order chi connectivity index (χ1) is 6.95. The van der Waals surface area contributed by atoms with Gasteiger partial charge >= 0.3 is 0 Å². The molecule has 2 fully saturated rings. The van der Waals surface area contributed by atoms with Gasteiger partial charge in [0.1, 0.15) is 5.82 Å². The molecule has 0 bridgehead atoms. The van der Waals surface area contributed by atoms with Gasteiger partial charge in [-0.05, 0) is 36.8 Å². The third-order valence-electron chi connectivity index (χ3n) is 3.64. The van der Waals surface area contributed by atoms with Crippen LogP contribution in [-0.4, -0.2) is 11.0 Å². The number of pyridine rings is 1. The second kappa shape index (κ2) is 3.26. The van der Waals surface area contributed by atoms with Gasteiger partial charge in [0.25, 0.3) is 0 Å². The van der Waals surface area contributed by atoms with E-state index in [0.717, 1.165) is 23.7 Å². The topological polar surface area (TPSA) is 24.9 Å². The van der Waals surface area contributed by atoms with Gasteiger partial charge in [-0.1, -0.05) is 18.9 Å². The number of hydrogen-bond acceptors (Lipinski definition) is 2. The van der Waals surface area contributed by atoms with Crippen LogP contribution in [0.4, 0.5) is 5.82 Å².